The third kappa shape index (κ3) is 42.4. The van der Waals surface area contributed by atoms with E-state index in [-0.39, 0.29) is 101 Å². The molecule has 29 heteroatoms. The molecule has 0 radical (unpaired) electrons. The summed E-state index contributed by atoms with van der Waals surface area (Å²) in [6.45, 7) is 66.3. The second-order valence-corrected chi connectivity index (χ2v) is 46.2. The molecule has 7 rings (SSSR count). The van der Waals surface area contributed by atoms with Crippen LogP contribution >= 0.6 is 0 Å². The number of hydrogen-bond acceptors (Lipinski definition) is 20. The molecule has 4 N–H and O–H groups in total. The topological polar surface area (TPSA) is 291 Å². The lowest BCUT2D eigenvalue weighted by Crippen LogP contribution is -2.58. The number of rotatable bonds is 35. The molecule has 4 bridgehead atoms. The molecule has 6 fully saturated rings. The fourth-order valence-corrected chi connectivity index (χ4v) is 15.4. The maximum Gasteiger partial charge on any atom is 0.425 e. The van der Waals surface area contributed by atoms with E-state index in [9.17, 15) is 88.1 Å². The fraction of sp³-hybridized carbons (Fsp3) is 0.869. The molecule has 798 valence electrons. The molecule has 0 saturated heterocycles. The first-order valence-corrected chi connectivity index (χ1v) is 50.2. The first kappa shape index (κ1) is 132. The van der Waals surface area contributed by atoms with E-state index < -0.39 is 112 Å². The molecule has 0 aliphatic heterocycles. The van der Waals surface area contributed by atoms with Gasteiger partial charge >= 0.3 is 66.3 Å². The lowest BCUT2D eigenvalue weighted by atomic mass is 9.46. The Kier molecular flexibility index (Phi) is 53.6. The van der Waals surface area contributed by atoms with Crippen LogP contribution in [0.5, 0.6) is 5.75 Å². The van der Waals surface area contributed by atoms with Crippen molar-refractivity contribution < 1.29 is 136 Å². The monoisotopic (exact) mass is 1960 g/mol. The molecule has 1 aromatic rings. The zero-order valence-electron chi connectivity index (χ0n) is 90.6. The van der Waals surface area contributed by atoms with Crippen molar-refractivity contribution >= 4 is 47.8 Å². The third-order valence-corrected chi connectivity index (χ3v) is 30.1. The first-order valence-electron chi connectivity index (χ1n) is 50.2. The Balaban J connectivity index is 0. The van der Waals surface area contributed by atoms with Crippen LogP contribution in [0.4, 0.5) is 39.5 Å². The van der Waals surface area contributed by atoms with Gasteiger partial charge < -0.3 is 58.3 Å². The summed E-state index contributed by atoms with van der Waals surface area (Å²) >= 11 is 0. The quantitative estimate of drug-likeness (QED) is 0.0212. The van der Waals surface area contributed by atoms with E-state index in [0.29, 0.717) is 50.9 Å². The van der Waals surface area contributed by atoms with Crippen molar-refractivity contribution in [2.45, 2.75) is 475 Å². The van der Waals surface area contributed by atoms with Crippen molar-refractivity contribution in [2.75, 3.05) is 33.0 Å². The Bertz CT molecular complexity index is 3620. The molecular weight excluding hydrogens is 1780 g/mol. The highest BCUT2D eigenvalue weighted by atomic mass is 19.4. The van der Waals surface area contributed by atoms with E-state index in [1.54, 1.807) is 41.5 Å². The number of ether oxygens (including phenoxy) is 8. The zero-order valence-corrected chi connectivity index (χ0v) is 90.6. The van der Waals surface area contributed by atoms with E-state index in [1.165, 1.54) is 95.5 Å². The van der Waals surface area contributed by atoms with Gasteiger partial charge in [-0.2, -0.15) is 39.5 Å². The van der Waals surface area contributed by atoms with Crippen molar-refractivity contribution in [2.24, 2.45) is 90.2 Å². The summed E-state index contributed by atoms with van der Waals surface area (Å²) in [5, 5.41) is 36.7. The van der Waals surface area contributed by atoms with Crippen LogP contribution in [0.2, 0.25) is 0 Å². The average Bonchev–Trinajstić information content (AvgIpc) is 0.722. The lowest BCUT2D eigenvalue weighted by molar-refractivity contribution is -0.299. The Labute approximate surface area is 813 Å². The van der Waals surface area contributed by atoms with Crippen molar-refractivity contribution in [3.8, 4) is 5.75 Å². The van der Waals surface area contributed by atoms with Crippen molar-refractivity contribution in [1.82, 2.24) is 0 Å². The van der Waals surface area contributed by atoms with Crippen LogP contribution in [-0.2, 0) is 76.9 Å². The summed E-state index contributed by atoms with van der Waals surface area (Å²) in [6, 6.07) is 7.76. The van der Waals surface area contributed by atoms with E-state index >= 15 is 0 Å². The Morgan fingerprint density at radius 1 is 0.404 bits per heavy atom. The summed E-state index contributed by atoms with van der Waals surface area (Å²) in [5.41, 5.74) is -9.75. The number of benzene rings is 1. The molecule has 0 aromatic heterocycles. The number of carbonyl (C=O) groups is 8. The predicted octanol–water partition coefficient (Wildman–Crippen LogP) is 27.0. The average molecular weight is 1960 g/mol. The molecular formula is C107H187F9O20. The number of halogens is 9. The van der Waals surface area contributed by atoms with Gasteiger partial charge in [-0.25, -0.2) is 0 Å². The van der Waals surface area contributed by atoms with Crippen molar-refractivity contribution in [3.63, 3.8) is 0 Å². The smallest absolute Gasteiger partial charge is 0.425 e. The molecule has 6 saturated carbocycles. The minimum atomic E-state index is -5.10. The predicted molar refractivity (Wildman–Crippen MR) is 517 cm³/mol. The van der Waals surface area contributed by atoms with Crippen molar-refractivity contribution in [3.05, 3.63) is 29.8 Å². The molecule has 6 atom stereocenters. The van der Waals surface area contributed by atoms with Gasteiger partial charge in [-0.3, -0.25) is 38.4 Å². The molecule has 0 amide bonds. The Morgan fingerprint density at radius 2 is 0.735 bits per heavy atom. The lowest BCUT2D eigenvalue weighted by Gasteiger charge is -2.61. The molecule has 6 aliphatic carbocycles. The summed E-state index contributed by atoms with van der Waals surface area (Å²) < 4.78 is 157. The largest absolute Gasteiger partial charge is 0.465 e. The minimum absolute atomic E-state index is 0.00857. The highest BCUT2D eigenvalue weighted by Crippen LogP contribution is 2.65. The normalized spacial score (nSPS) is 20.9. The van der Waals surface area contributed by atoms with E-state index in [1.807, 2.05) is 142 Å². The number of alkyl halides is 9. The highest BCUT2D eigenvalue weighted by Gasteiger charge is 2.63. The maximum absolute atomic E-state index is 13.3. The zero-order chi connectivity index (χ0) is 107. The second kappa shape index (κ2) is 55.2. The van der Waals surface area contributed by atoms with Gasteiger partial charge in [0.1, 0.15) is 36.3 Å². The van der Waals surface area contributed by atoms with E-state index in [0.717, 1.165) is 69.6 Å². The van der Waals surface area contributed by atoms with Gasteiger partial charge in [-0.15, -0.1) is 0 Å². The molecule has 0 spiro atoms. The van der Waals surface area contributed by atoms with E-state index in [2.05, 4.69) is 74.0 Å². The minimum Gasteiger partial charge on any atom is -0.465 e. The highest BCUT2D eigenvalue weighted by molar-refractivity contribution is 5.80. The number of unbranched alkanes of at least 4 members (excludes halogenated alkanes) is 1. The van der Waals surface area contributed by atoms with Gasteiger partial charge in [0.25, 0.3) is 0 Å². The number of hydrogen-bond donors (Lipinski definition) is 4. The van der Waals surface area contributed by atoms with Gasteiger partial charge in [0, 0.05) is 17.3 Å². The van der Waals surface area contributed by atoms with Gasteiger partial charge in [0.05, 0.1) is 63.1 Å². The molecule has 0 heterocycles. The number of esters is 8. The van der Waals surface area contributed by atoms with E-state index in [4.69, 9.17) is 43.4 Å². The van der Waals surface area contributed by atoms with Crippen LogP contribution in [0.3, 0.4) is 0 Å². The van der Waals surface area contributed by atoms with Crippen LogP contribution in [0.15, 0.2) is 24.3 Å². The van der Waals surface area contributed by atoms with Crippen LogP contribution in [0.1, 0.15) is 422 Å². The van der Waals surface area contributed by atoms with Crippen molar-refractivity contribution in [1.29, 1.82) is 0 Å². The molecule has 136 heavy (non-hydrogen) atoms. The van der Waals surface area contributed by atoms with Gasteiger partial charge in [0.2, 0.25) is 0 Å². The first-order chi connectivity index (χ1) is 61.6. The molecule has 6 aliphatic rings. The summed E-state index contributed by atoms with van der Waals surface area (Å²) in [5.74, 6) is -1.30. The fourth-order valence-electron chi connectivity index (χ4n) is 15.4. The number of aliphatic hydroxyl groups excluding tert-OH is 2. The summed E-state index contributed by atoms with van der Waals surface area (Å²) in [6.07, 6.45) is 5.08. The number of aliphatic hydroxyl groups is 4. The van der Waals surface area contributed by atoms with Gasteiger partial charge in [-0.05, 0) is 340 Å². The molecule has 6 unspecified atom stereocenters. The second-order valence-electron chi connectivity index (χ2n) is 46.2. The third-order valence-electron chi connectivity index (χ3n) is 30.1. The van der Waals surface area contributed by atoms with Crippen LogP contribution < -0.4 is 4.74 Å². The van der Waals surface area contributed by atoms with Gasteiger partial charge in [0.15, 0.2) is 17.3 Å². The Hall–Kier alpha value is -5.81. The molecule has 20 nitrogen and oxygen atoms in total. The SMILES string of the molecule is CCC(C)(C)C(=O)OC(C)(C)C12CC3CC(CC(C3)C1)C2.CCC(C)(C)C(=O)OC(C)(C)C1CCCCC1.CCC(C)(C)C(=O)OC(C)C(F)(F)F.CCC(C)(C)C(=O)OC1CC(C(C)(O)C(F)(F)F)CC(C(C)(O)C(F)(F)F)C1.CCC(C)(C)C(=O)OCCO.CCC(C)(C)C(=O)OCCO.CCC(C)(C)C(=O)Oc1ccc(C(C)(C)C)cc1.CCCCC(CC)COC(=O)C(C)(C)CC. The molecule has 1 aromatic carbocycles. The number of carbonyl (C=O) groups excluding carboxylic acids is 8. The van der Waals surface area contributed by atoms with Crippen LogP contribution in [0, 0.1) is 90.2 Å². The van der Waals surface area contributed by atoms with Crippen LogP contribution in [-0.4, -0.2) is 154 Å². The maximum atomic E-state index is 13.3. The van der Waals surface area contributed by atoms with Gasteiger partial charge in [-0.1, -0.05) is 141 Å². The van der Waals surface area contributed by atoms with Crippen LogP contribution in [0.25, 0.3) is 0 Å². The summed E-state index contributed by atoms with van der Waals surface area (Å²) in [4.78, 5) is 94.2. The Morgan fingerprint density at radius 3 is 1.06 bits per heavy atom. The summed E-state index contributed by atoms with van der Waals surface area (Å²) in [7, 11) is 0. The standard InChI is InChI=1S/C19H32O2.C18H28F6O4.C16H24O2.C15H28O2.C14H28O2.C9H15F3O2.2C8H16O3/c1-6-17(2,3)16(20)21-18(4,5)19-10-13-7-14(11-19)9-15(8-13)12-19;1-6-14(2,3)13(25)28-12-8-10(15(4,26)17(19,20)21)7-11(9-12)16(5,27)18(22,23)24;1-7-16(5,6)14(17)18-13-10-8-12(9-11-13)15(2,3)4;1-6-14(2,3)13(16)17-15(4,5)12-10-8-7-9-11-12;1-6-9-10-12(7-2)11-16-13(15)14(4,5)8-3;1-5-8(3,4)7(13)14-6(2)9(10,11)12;2*1-4-8(2,3)7(10)11-6-5-9/h13-15H,6-12H2,1-5H3;10-12,26-27H,6-9H2,1-5H3;8-11H,7H2,1-6H3;12H,6-11H2,1-5H3;12H,6-11H2,1-5H3;6H,5H2,1-4H3;2*9H,4-6H2,1-3H3.